The molecule has 0 bridgehead atoms. The molecule has 2 N–H and O–H groups in total. The van der Waals surface area contributed by atoms with Gasteiger partial charge in [-0.05, 0) is 24.0 Å². The molecule has 0 saturated heterocycles. The number of benzene rings is 1. The van der Waals surface area contributed by atoms with Gasteiger partial charge < -0.3 is 10.4 Å². The Bertz CT molecular complexity index is 747. The SMILES string of the molecule is CC(C)(C)CC(CO)NC(=O)Cn1ncc(=O)c2ccccc21. The first-order valence-electron chi connectivity index (χ1n) is 7.65. The summed E-state index contributed by atoms with van der Waals surface area (Å²) in [6, 6.07) is 6.75. The molecule has 0 spiro atoms. The molecular weight excluding hydrogens is 294 g/mol. The van der Waals surface area contributed by atoms with Crippen molar-refractivity contribution in [2.24, 2.45) is 5.41 Å². The third-order valence-electron chi connectivity index (χ3n) is 3.50. The second-order valence-electron chi connectivity index (χ2n) is 6.90. The highest BCUT2D eigenvalue weighted by molar-refractivity contribution is 5.81. The molecule has 2 aromatic rings. The van der Waals surface area contributed by atoms with Crippen LogP contribution < -0.4 is 10.7 Å². The van der Waals surface area contributed by atoms with Gasteiger partial charge in [0.15, 0.2) is 0 Å². The molecule has 2 rings (SSSR count). The number of nitrogens with one attached hydrogen (secondary N) is 1. The number of aromatic nitrogens is 2. The number of aliphatic hydroxyl groups excluding tert-OH is 1. The molecular formula is C17H23N3O3. The number of rotatable bonds is 5. The first-order valence-corrected chi connectivity index (χ1v) is 7.65. The summed E-state index contributed by atoms with van der Waals surface area (Å²) in [5.41, 5.74) is 0.452. The van der Waals surface area contributed by atoms with Crippen LogP contribution in [0.25, 0.3) is 10.9 Å². The van der Waals surface area contributed by atoms with Crippen LogP contribution in [0.15, 0.2) is 35.3 Å². The summed E-state index contributed by atoms with van der Waals surface area (Å²) < 4.78 is 1.50. The van der Waals surface area contributed by atoms with Gasteiger partial charge in [-0.1, -0.05) is 32.9 Å². The monoisotopic (exact) mass is 317 g/mol. The molecule has 1 aromatic heterocycles. The lowest BCUT2D eigenvalue weighted by Gasteiger charge is -2.25. The minimum absolute atomic E-state index is 0.00142. The highest BCUT2D eigenvalue weighted by Gasteiger charge is 2.20. The molecule has 1 amide bonds. The molecule has 0 aliphatic heterocycles. The number of aliphatic hydroxyl groups is 1. The second-order valence-corrected chi connectivity index (χ2v) is 6.90. The number of para-hydroxylation sites is 1. The topological polar surface area (TPSA) is 84.2 Å². The van der Waals surface area contributed by atoms with Crippen molar-refractivity contribution < 1.29 is 9.90 Å². The van der Waals surface area contributed by atoms with E-state index in [0.29, 0.717) is 17.3 Å². The Hall–Kier alpha value is -2.21. The Morgan fingerprint density at radius 1 is 1.35 bits per heavy atom. The van der Waals surface area contributed by atoms with Crippen molar-refractivity contribution in [3.8, 4) is 0 Å². The van der Waals surface area contributed by atoms with E-state index in [4.69, 9.17) is 0 Å². The molecule has 0 saturated carbocycles. The highest BCUT2D eigenvalue weighted by Crippen LogP contribution is 2.20. The number of amides is 1. The van der Waals surface area contributed by atoms with E-state index < -0.39 is 0 Å². The van der Waals surface area contributed by atoms with Gasteiger partial charge in [0.2, 0.25) is 11.3 Å². The van der Waals surface area contributed by atoms with Crippen LogP contribution in [0.1, 0.15) is 27.2 Å². The van der Waals surface area contributed by atoms with Crippen molar-refractivity contribution >= 4 is 16.8 Å². The van der Waals surface area contributed by atoms with Crippen molar-refractivity contribution in [2.75, 3.05) is 6.61 Å². The largest absolute Gasteiger partial charge is 0.394 e. The van der Waals surface area contributed by atoms with Crippen molar-refractivity contribution in [3.63, 3.8) is 0 Å². The first kappa shape index (κ1) is 17.1. The average molecular weight is 317 g/mol. The van der Waals surface area contributed by atoms with Gasteiger partial charge in [0.05, 0.1) is 24.4 Å². The Kier molecular flexibility index (Phi) is 5.15. The van der Waals surface area contributed by atoms with Crippen LogP contribution in [-0.4, -0.2) is 33.4 Å². The fourth-order valence-corrected chi connectivity index (χ4v) is 2.60. The van der Waals surface area contributed by atoms with E-state index in [1.54, 1.807) is 24.3 Å². The standard InChI is InChI=1S/C17H23N3O3/c1-17(2,3)8-12(11-21)19-16(23)10-20-14-7-5-4-6-13(14)15(22)9-18-20/h4-7,9,12,21H,8,10-11H2,1-3H3,(H,19,23). The quantitative estimate of drug-likeness (QED) is 0.871. The van der Waals surface area contributed by atoms with E-state index in [-0.39, 0.29) is 35.9 Å². The van der Waals surface area contributed by atoms with Crippen molar-refractivity contribution in [2.45, 2.75) is 39.8 Å². The Morgan fingerprint density at radius 2 is 2.04 bits per heavy atom. The van der Waals surface area contributed by atoms with E-state index in [1.807, 2.05) is 0 Å². The van der Waals surface area contributed by atoms with Gasteiger partial charge in [-0.25, -0.2) is 0 Å². The van der Waals surface area contributed by atoms with Crippen LogP contribution in [0.2, 0.25) is 0 Å². The molecule has 1 heterocycles. The van der Waals surface area contributed by atoms with Gasteiger partial charge in [0.1, 0.15) is 6.54 Å². The number of hydrogen-bond acceptors (Lipinski definition) is 4. The minimum atomic E-state index is -0.298. The predicted octanol–water partition coefficient (Wildman–Crippen LogP) is 1.31. The van der Waals surface area contributed by atoms with Crippen LogP contribution in [0, 0.1) is 5.41 Å². The summed E-state index contributed by atoms with van der Waals surface area (Å²) in [6.07, 6.45) is 1.89. The van der Waals surface area contributed by atoms with Gasteiger partial charge in [-0.2, -0.15) is 5.10 Å². The summed E-state index contributed by atoms with van der Waals surface area (Å²) in [5.74, 6) is -0.241. The third kappa shape index (κ3) is 4.63. The van der Waals surface area contributed by atoms with Crippen LogP contribution in [-0.2, 0) is 11.3 Å². The Balaban J connectivity index is 2.15. The average Bonchev–Trinajstić information content (AvgIpc) is 2.48. The molecule has 0 aliphatic rings. The molecule has 1 atom stereocenters. The van der Waals surface area contributed by atoms with Gasteiger partial charge in [-0.15, -0.1) is 0 Å². The van der Waals surface area contributed by atoms with E-state index in [1.165, 1.54) is 10.9 Å². The number of hydrogen-bond donors (Lipinski definition) is 2. The lowest BCUT2D eigenvalue weighted by atomic mass is 9.88. The van der Waals surface area contributed by atoms with E-state index in [2.05, 4.69) is 31.2 Å². The Labute approximate surface area is 135 Å². The fraction of sp³-hybridized carbons (Fsp3) is 0.471. The van der Waals surface area contributed by atoms with Gasteiger partial charge >= 0.3 is 0 Å². The maximum atomic E-state index is 12.2. The minimum Gasteiger partial charge on any atom is -0.394 e. The maximum absolute atomic E-state index is 12.2. The first-order chi connectivity index (χ1) is 10.8. The van der Waals surface area contributed by atoms with E-state index in [0.717, 1.165) is 0 Å². The fourth-order valence-electron chi connectivity index (χ4n) is 2.60. The van der Waals surface area contributed by atoms with Gasteiger partial charge in [-0.3, -0.25) is 14.3 Å². The Morgan fingerprint density at radius 3 is 2.70 bits per heavy atom. The molecule has 0 aliphatic carbocycles. The summed E-state index contributed by atoms with van der Waals surface area (Å²) in [5, 5.41) is 16.8. The normalized spacial score (nSPS) is 13.0. The zero-order chi connectivity index (χ0) is 17.0. The van der Waals surface area contributed by atoms with Crippen molar-refractivity contribution in [1.29, 1.82) is 0 Å². The number of carbonyl (C=O) groups excluding carboxylic acids is 1. The number of fused-ring (bicyclic) bond motifs is 1. The smallest absolute Gasteiger partial charge is 0.242 e. The van der Waals surface area contributed by atoms with Gasteiger partial charge in [0, 0.05) is 5.39 Å². The summed E-state index contributed by atoms with van der Waals surface area (Å²) in [6.45, 7) is 6.05. The van der Waals surface area contributed by atoms with E-state index >= 15 is 0 Å². The van der Waals surface area contributed by atoms with Crippen molar-refractivity contribution in [1.82, 2.24) is 15.1 Å². The van der Waals surface area contributed by atoms with Gasteiger partial charge in [0.25, 0.3) is 0 Å². The molecule has 1 aromatic carbocycles. The summed E-state index contributed by atoms with van der Waals surface area (Å²) in [7, 11) is 0. The molecule has 23 heavy (non-hydrogen) atoms. The highest BCUT2D eigenvalue weighted by atomic mass is 16.3. The lowest BCUT2D eigenvalue weighted by Crippen LogP contribution is -2.41. The summed E-state index contributed by atoms with van der Waals surface area (Å²) in [4.78, 5) is 24.0. The second kappa shape index (κ2) is 6.91. The number of nitrogens with zero attached hydrogens (tertiary/aromatic N) is 2. The number of carbonyl (C=O) groups is 1. The molecule has 124 valence electrons. The summed E-state index contributed by atoms with van der Waals surface area (Å²) >= 11 is 0. The predicted molar refractivity (Wildman–Crippen MR) is 89.1 cm³/mol. The van der Waals surface area contributed by atoms with Crippen LogP contribution in [0.5, 0.6) is 0 Å². The molecule has 0 fully saturated rings. The molecule has 6 heteroatoms. The molecule has 6 nitrogen and oxygen atoms in total. The van der Waals surface area contributed by atoms with E-state index in [9.17, 15) is 14.7 Å². The van der Waals surface area contributed by atoms with Crippen molar-refractivity contribution in [3.05, 3.63) is 40.7 Å². The molecule has 1 unspecified atom stereocenters. The zero-order valence-electron chi connectivity index (χ0n) is 13.7. The van der Waals surface area contributed by atoms with Crippen LogP contribution in [0.3, 0.4) is 0 Å². The van der Waals surface area contributed by atoms with Crippen LogP contribution in [0.4, 0.5) is 0 Å². The third-order valence-corrected chi connectivity index (χ3v) is 3.50. The zero-order valence-corrected chi connectivity index (χ0v) is 13.7. The maximum Gasteiger partial charge on any atom is 0.242 e. The molecule has 0 radical (unpaired) electrons. The lowest BCUT2D eigenvalue weighted by molar-refractivity contribution is -0.123. The van der Waals surface area contributed by atoms with Crippen LogP contribution >= 0.6 is 0 Å².